The Morgan fingerprint density at radius 3 is 2.65 bits per heavy atom. The van der Waals surface area contributed by atoms with E-state index >= 15 is 0 Å². The molecule has 5 rings (SSSR count). The van der Waals surface area contributed by atoms with E-state index in [1.807, 2.05) is 54.3 Å². The van der Waals surface area contributed by atoms with E-state index in [2.05, 4.69) is 62.6 Å². The monoisotopic (exact) mass is 426 g/mol. The zero-order valence-electron chi connectivity index (χ0n) is 17.3. The van der Waals surface area contributed by atoms with E-state index in [0.717, 1.165) is 50.1 Å². The van der Waals surface area contributed by atoms with Crippen molar-refractivity contribution in [2.45, 2.75) is 19.9 Å². The number of imidazole rings is 1. The van der Waals surface area contributed by atoms with Crippen molar-refractivity contribution in [2.75, 3.05) is 10.6 Å². The van der Waals surface area contributed by atoms with Gasteiger partial charge in [-0.15, -0.1) is 11.3 Å². The van der Waals surface area contributed by atoms with E-state index in [9.17, 15) is 0 Å². The van der Waals surface area contributed by atoms with Gasteiger partial charge in [0.2, 0.25) is 0 Å². The highest BCUT2D eigenvalue weighted by atomic mass is 32.1. The van der Waals surface area contributed by atoms with Gasteiger partial charge in [-0.25, -0.2) is 15.0 Å². The van der Waals surface area contributed by atoms with Gasteiger partial charge in [0.05, 0.1) is 38.9 Å². The van der Waals surface area contributed by atoms with E-state index in [0.29, 0.717) is 0 Å². The molecule has 2 aromatic carbocycles. The number of rotatable bonds is 6. The maximum absolute atomic E-state index is 4.64. The molecule has 3 aromatic heterocycles. The number of benzene rings is 2. The SMILES string of the molecule is CC(C)Nc1cc(Nc2ccc3ncsc3c2)ncc1-c1ncc(-c2ccccc2)[nH]1. The summed E-state index contributed by atoms with van der Waals surface area (Å²) in [5, 5.41) is 6.93. The number of hydrogen-bond acceptors (Lipinski definition) is 6. The highest BCUT2D eigenvalue weighted by Gasteiger charge is 2.13. The van der Waals surface area contributed by atoms with E-state index in [1.54, 1.807) is 11.3 Å². The van der Waals surface area contributed by atoms with Crippen LogP contribution in [0.5, 0.6) is 0 Å². The number of thiazole rings is 1. The molecule has 0 aliphatic rings. The van der Waals surface area contributed by atoms with Crippen molar-refractivity contribution < 1.29 is 0 Å². The van der Waals surface area contributed by atoms with E-state index in [1.165, 1.54) is 0 Å². The van der Waals surface area contributed by atoms with Crippen LogP contribution in [0, 0.1) is 0 Å². The fraction of sp³-hybridized carbons (Fsp3) is 0.125. The Bertz CT molecular complexity index is 1320. The van der Waals surface area contributed by atoms with Crippen LogP contribution in [0.4, 0.5) is 17.2 Å². The van der Waals surface area contributed by atoms with Crippen molar-refractivity contribution in [3.05, 3.63) is 72.5 Å². The number of aromatic amines is 1. The number of H-pyrrole nitrogens is 1. The Kier molecular flexibility index (Phi) is 5.09. The minimum Gasteiger partial charge on any atom is -0.382 e. The Hall–Kier alpha value is -3.71. The number of nitrogens with zero attached hydrogens (tertiary/aromatic N) is 3. The lowest BCUT2D eigenvalue weighted by Crippen LogP contribution is -2.11. The molecule has 0 saturated heterocycles. The maximum atomic E-state index is 4.64. The van der Waals surface area contributed by atoms with Crippen LogP contribution in [0.15, 0.2) is 72.5 Å². The number of pyridine rings is 1. The molecule has 31 heavy (non-hydrogen) atoms. The number of fused-ring (bicyclic) bond motifs is 1. The first kappa shape index (κ1) is 19.3. The molecule has 0 aliphatic carbocycles. The lowest BCUT2D eigenvalue weighted by molar-refractivity contribution is 0.899. The third kappa shape index (κ3) is 4.13. The van der Waals surface area contributed by atoms with E-state index in [4.69, 9.17) is 0 Å². The van der Waals surface area contributed by atoms with Crippen LogP contribution in [0.25, 0.3) is 32.9 Å². The first-order valence-corrected chi connectivity index (χ1v) is 11.0. The molecule has 3 heterocycles. The predicted octanol–water partition coefficient (Wildman–Crippen LogP) is 6.31. The first-order chi connectivity index (χ1) is 15.2. The lowest BCUT2D eigenvalue weighted by Gasteiger charge is -2.15. The van der Waals surface area contributed by atoms with Crippen LogP contribution in [0.1, 0.15) is 13.8 Å². The first-order valence-electron chi connectivity index (χ1n) is 10.1. The normalized spacial score (nSPS) is 11.2. The van der Waals surface area contributed by atoms with Crippen molar-refractivity contribution in [1.29, 1.82) is 0 Å². The van der Waals surface area contributed by atoms with Gasteiger partial charge >= 0.3 is 0 Å². The second-order valence-electron chi connectivity index (χ2n) is 7.59. The molecule has 0 bridgehead atoms. The Labute approximate surface area is 184 Å². The Morgan fingerprint density at radius 2 is 1.81 bits per heavy atom. The lowest BCUT2D eigenvalue weighted by atomic mass is 10.2. The van der Waals surface area contributed by atoms with Crippen molar-refractivity contribution >= 4 is 38.7 Å². The number of anilines is 3. The zero-order valence-corrected chi connectivity index (χ0v) is 18.1. The highest BCUT2D eigenvalue weighted by Crippen LogP contribution is 2.31. The molecular weight excluding hydrogens is 404 g/mol. The smallest absolute Gasteiger partial charge is 0.141 e. The van der Waals surface area contributed by atoms with E-state index < -0.39 is 0 Å². The van der Waals surface area contributed by atoms with Gasteiger partial charge in [-0.05, 0) is 37.6 Å². The molecule has 0 unspecified atom stereocenters. The van der Waals surface area contributed by atoms with Gasteiger partial charge in [-0.1, -0.05) is 30.3 Å². The van der Waals surface area contributed by atoms with Crippen molar-refractivity contribution in [2.24, 2.45) is 0 Å². The van der Waals surface area contributed by atoms with Crippen molar-refractivity contribution in [3.63, 3.8) is 0 Å². The van der Waals surface area contributed by atoms with Gasteiger partial charge < -0.3 is 15.6 Å². The number of hydrogen-bond donors (Lipinski definition) is 3. The van der Waals surface area contributed by atoms with E-state index in [-0.39, 0.29) is 6.04 Å². The highest BCUT2D eigenvalue weighted by molar-refractivity contribution is 7.16. The molecule has 7 heteroatoms. The maximum Gasteiger partial charge on any atom is 0.141 e. The predicted molar refractivity (Wildman–Crippen MR) is 129 cm³/mol. The summed E-state index contributed by atoms with van der Waals surface area (Å²) < 4.78 is 1.14. The molecule has 6 nitrogen and oxygen atoms in total. The second-order valence-corrected chi connectivity index (χ2v) is 8.47. The molecule has 154 valence electrons. The van der Waals surface area contributed by atoms with Crippen molar-refractivity contribution in [1.82, 2.24) is 19.9 Å². The molecule has 3 N–H and O–H groups in total. The van der Waals surface area contributed by atoms with Gasteiger partial charge in [0.15, 0.2) is 0 Å². The quantitative estimate of drug-likeness (QED) is 0.296. The third-order valence-electron chi connectivity index (χ3n) is 4.87. The van der Waals surface area contributed by atoms with Gasteiger partial charge in [-0.2, -0.15) is 0 Å². The summed E-state index contributed by atoms with van der Waals surface area (Å²) in [4.78, 5) is 17.0. The fourth-order valence-electron chi connectivity index (χ4n) is 3.45. The molecule has 0 fully saturated rings. The second kappa shape index (κ2) is 8.20. The van der Waals surface area contributed by atoms with Gasteiger partial charge in [0, 0.05) is 24.0 Å². The fourth-order valence-corrected chi connectivity index (χ4v) is 4.16. The van der Waals surface area contributed by atoms with Crippen LogP contribution in [0.3, 0.4) is 0 Å². The van der Waals surface area contributed by atoms with Crippen molar-refractivity contribution in [3.8, 4) is 22.6 Å². The molecular formula is C24H22N6S. The van der Waals surface area contributed by atoms with Crippen LogP contribution in [-0.2, 0) is 0 Å². The number of nitrogens with one attached hydrogen (secondary N) is 3. The topological polar surface area (TPSA) is 78.5 Å². The van der Waals surface area contributed by atoms with Gasteiger partial charge in [0.25, 0.3) is 0 Å². The summed E-state index contributed by atoms with van der Waals surface area (Å²) in [7, 11) is 0. The molecule has 0 atom stereocenters. The molecule has 0 radical (unpaired) electrons. The molecule has 5 aromatic rings. The molecule has 0 spiro atoms. The summed E-state index contributed by atoms with van der Waals surface area (Å²) in [5.74, 6) is 1.55. The minimum absolute atomic E-state index is 0.270. The van der Waals surface area contributed by atoms with Crippen LogP contribution >= 0.6 is 11.3 Å². The number of aromatic nitrogens is 4. The molecule has 0 aliphatic heterocycles. The zero-order chi connectivity index (χ0) is 21.2. The van der Waals surface area contributed by atoms with Crippen LogP contribution in [-0.4, -0.2) is 26.0 Å². The summed E-state index contributed by atoms with van der Waals surface area (Å²) in [6.45, 7) is 4.24. The molecule has 0 saturated carbocycles. The minimum atomic E-state index is 0.270. The largest absolute Gasteiger partial charge is 0.382 e. The van der Waals surface area contributed by atoms with Crippen LogP contribution in [0.2, 0.25) is 0 Å². The Balaban J connectivity index is 1.47. The summed E-state index contributed by atoms with van der Waals surface area (Å²) >= 11 is 1.63. The third-order valence-corrected chi connectivity index (χ3v) is 5.66. The summed E-state index contributed by atoms with van der Waals surface area (Å²) in [5.41, 5.74) is 7.83. The average Bonchev–Trinajstić information content (AvgIpc) is 3.44. The Morgan fingerprint density at radius 1 is 0.935 bits per heavy atom. The summed E-state index contributed by atoms with van der Waals surface area (Å²) in [6, 6.07) is 18.6. The standard InChI is InChI=1S/C24H22N6S/c1-15(2)28-20-11-23(29-17-8-9-19-22(10-17)31-14-27-19)25-12-18(20)24-26-13-21(30-24)16-6-4-3-5-7-16/h3-15H,1-2H3,(H,26,30)(H2,25,28,29). The summed E-state index contributed by atoms with van der Waals surface area (Å²) in [6.07, 6.45) is 3.71. The van der Waals surface area contributed by atoms with Gasteiger partial charge in [-0.3, -0.25) is 0 Å². The molecule has 0 amide bonds. The van der Waals surface area contributed by atoms with Gasteiger partial charge in [0.1, 0.15) is 11.6 Å². The average molecular weight is 427 g/mol. The van der Waals surface area contributed by atoms with Crippen LogP contribution < -0.4 is 10.6 Å².